The molecule has 0 spiro atoms. The van der Waals surface area contributed by atoms with Crippen LogP contribution in [0.1, 0.15) is 27.7 Å². The van der Waals surface area contributed by atoms with Gasteiger partial charge in [0.15, 0.2) is 0 Å². The largest absolute Gasteiger partial charge is 0.459 e. The number of hydrogen-bond acceptors (Lipinski definition) is 4. The predicted molar refractivity (Wildman–Crippen MR) is 64.4 cm³/mol. The van der Waals surface area contributed by atoms with Crippen molar-refractivity contribution in [2.75, 3.05) is 20.1 Å². The molecule has 1 fully saturated rings. The van der Waals surface area contributed by atoms with Gasteiger partial charge in [-0.15, -0.1) is 0 Å². The van der Waals surface area contributed by atoms with Gasteiger partial charge in [-0.1, -0.05) is 0 Å². The number of carbonyl (C=O) groups is 2. The highest BCUT2D eigenvalue weighted by Gasteiger charge is 2.38. The van der Waals surface area contributed by atoms with E-state index in [4.69, 9.17) is 4.74 Å². The van der Waals surface area contributed by atoms with Gasteiger partial charge in [0.1, 0.15) is 11.6 Å². The maximum atomic E-state index is 11.8. The first kappa shape index (κ1) is 14.0. The first-order valence-corrected chi connectivity index (χ1v) is 5.93. The van der Waals surface area contributed by atoms with Crippen LogP contribution in [0.4, 0.5) is 0 Å². The molecule has 0 saturated carbocycles. The molecule has 1 unspecified atom stereocenters. The van der Waals surface area contributed by atoms with Gasteiger partial charge in [0.05, 0.1) is 5.92 Å². The van der Waals surface area contributed by atoms with Gasteiger partial charge >= 0.3 is 5.97 Å². The van der Waals surface area contributed by atoms with Crippen LogP contribution in [0.25, 0.3) is 0 Å². The van der Waals surface area contributed by atoms with E-state index in [-0.39, 0.29) is 23.8 Å². The molecule has 1 aliphatic rings. The summed E-state index contributed by atoms with van der Waals surface area (Å²) in [5, 5.41) is 2.61. The molecule has 0 aliphatic carbocycles. The monoisotopic (exact) mass is 242 g/mol. The van der Waals surface area contributed by atoms with E-state index in [0.29, 0.717) is 13.1 Å². The lowest BCUT2D eigenvalue weighted by Gasteiger charge is -2.41. The van der Waals surface area contributed by atoms with Crippen LogP contribution in [0.15, 0.2) is 0 Å². The van der Waals surface area contributed by atoms with Crippen LogP contribution in [-0.4, -0.2) is 48.6 Å². The van der Waals surface area contributed by atoms with E-state index in [0.717, 1.165) is 0 Å². The molecule has 1 aliphatic heterocycles. The Balaban J connectivity index is 2.39. The van der Waals surface area contributed by atoms with Crippen molar-refractivity contribution in [2.24, 2.45) is 5.92 Å². The van der Waals surface area contributed by atoms with Crippen LogP contribution in [0, 0.1) is 5.92 Å². The number of rotatable bonds is 3. The summed E-state index contributed by atoms with van der Waals surface area (Å²) in [6.45, 7) is 8.61. The molecule has 0 bridgehead atoms. The lowest BCUT2D eigenvalue weighted by atomic mass is 9.97. The first-order valence-electron chi connectivity index (χ1n) is 5.93. The Morgan fingerprint density at radius 1 is 1.35 bits per heavy atom. The van der Waals surface area contributed by atoms with Crippen molar-refractivity contribution in [2.45, 2.75) is 39.3 Å². The number of hydrogen-bond donors (Lipinski definition) is 1. The quantitative estimate of drug-likeness (QED) is 0.728. The molecule has 1 amide bonds. The van der Waals surface area contributed by atoms with Gasteiger partial charge in [0.2, 0.25) is 5.91 Å². The summed E-state index contributed by atoms with van der Waals surface area (Å²) < 4.78 is 5.30. The van der Waals surface area contributed by atoms with E-state index in [1.807, 2.05) is 32.6 Å². The van der Waals surface area contributed by atoms with Crippen LogP contribution >= 0.6 is 0 Å². The minimum Gasteiger partial charge on any atom is -0.459 e. The van der Waals surface area contributed by atoms with E-state index >= 15 is 0 Å². The molecular formula is C12H22N2O3. The van der Waals surface area contributed by atoms with E-state index in [9.17, 15) is 9.59 Å². The lowest BCUT2D eigenvalue weighted by molar-refractivity contribution is -0.164. The second kappa shape index (κ2) is 5.04. The molecule has 1 saturated heterocycles. The third-order valence-corrected chi connectivity index (χ3v) is 2.82. The molecular weight excluding hydrogens is 220 g/mol. The van der Waals surface area contributed by atoms with Crippen molar-refractivity contribution in [3.05, 3.63) is 0 Å². The summed E-state index contributed by atoms with van der Waals surface area (Å²) in [5.74, 6) is -0.185. The molecule has 5 nitrogen and oxygen atoms in total. The van der Waals surface area contributed by atoms with E-state index in [1.165, 1.54) is 0 Å². The zero-order valence-corrected chi connectivity index (χ0v) is 11.2. The summed E-state index contributed by atoms with van der Waals surface area (Å²) in [7, 11) is 1.63. The molecule has 0 aromatic carbocycles. The topological polar surface area (TPSA) is 58.6 Å². The highest BCUT2D eigenvalue weighted by Crippen LogP contribution is 2.20. The van der Waals surface area contributed by atoms with Crippen LogP contribution < -0.4 is 5.32 Å². The third kappa shape index (κ3) is 3.70. The molecule has 1 heterocycles. The highest BCUT2D eigenvalue weighted by atomic mass is 16.6. The summed E-state index contributed by atoms with van der Waals surface area (Å²) >= 11 is 0. The Bertz CT molecular complexity index is 303. The minimum atomic E-state index is -0.462. The number of nitrogens with zero attached hydrogens (tertiary/aromatic N) is 1. The zero-order chi connectivity index (χ0) is 13.2. The summed E-state index contributed by atoms with van der Waals surface area (Å²) in [5.41, 5.74) is -0.462. The fourth-order valence-corrected chi connectivity index (χ4v) is 1.73. The SMILES string of the molecule is CNC(=O)C1CN(C(C)C(=O)OC(C)(C)C)C1. The fourth-order valence-electron chi connectivity index (χ4n) is 1.73. The van der Waals surface area contributed by atoms with Crippen molar-refractivity contribution in [3.63, 3.8) is 0 Å². The number of likely N-dealkylation sites (tertiary alicyclic amines) is 1. The fraction of sp³-hybridized carbons (Fsp3) is 0.833. The number of nitrogens with one attached hydrogen (secondary N) is 1. The second-order valence-electron chi connectivity index (χ2n) is 5.47. The zero-order valence-electron chi connectivity index (χ0n) is 11.2. The van der Waals surface area contributed by atoms with Crippen molar-refractivity contribution in [3.8, 4) is 0 Å². The summed E-state index contributed by atoms with van der Waals surface area (Å²) in [4.78, 5) is 25.0. The smallest absolute Gasteiger partial charge is 0.323 e. The predicted octanol–water partition coefficient (Wildman–Crippen LogP) is 0.394. The van der Waals surface area contributed by atoms with Gasteiger partial charge in [-0.25, -0.2) is 0 Å². The van der Waals surface area contributed by atoms with Crippen LogP contribution in [0.3, 0.4) is 0 Å². The molecule has 98 valence electrons. The van der Waals surface area contributed by atoms with E-state index in [2.05, 4.69) is 5.32 Å². The van der Waals surface area contributed by atoms with Crippen LogP contribution in [-0.2, 0) is 14.3 Å². The molecule has 1 atom stereocenters. The average Bonchev–Trinajstić information content (AvgIpc) is 2.12. The van der Waals surface area contributed by atoms with Gasteiger partial charge in [-0.05, 0) is 27.7 Å². The Kier molecular flexibility index (Phi) is 4.14. The van der Waals surface area contributed by atoms with Crippen molar-refractivity contribution in [1.29, 1.82) is 0 Å². The normalized spacial score (nSPS) is 19.4. The lowest BCUT2D eigenvalue weighted by Crippen LogP contribution is -2.58. The first-order chi connectivity index (χ1) is 7.74. The minimum absolute atomic E-state index is 0.00452. The molecule has 0 aromatic rings. The molecule has 1 N–H and O–H groups in total. The summed E-state index contributed by atoms with van der Waals surface area (Å²) in [6.07, 6.45) is 0. The van der Waals surface area contributed by atoms with Gasteiger partial charge in [-0.3, -0.25) is 14.5 Å². The van der Waals surface area contributed by atoms with E-state index in [1.54, 1.807) is 7.05 Å². The second-order valence-corrected chi connectivity index (χ2v) is 5.47. The van der Waals surface area contributed by atoms with Gasteiger partial charge in [-0.2, -0.15) is 0 Å². The number of amides is 1. The van der Waals surface area contributed by atoms with Gasteiger partial charge in [0.25, 0.3) is 0 Å². The average molecular weight is 242 g/mol. The Labute approximate surface area is 102 Å². The van der Waals surface area contributed by atoms with Crippen molar-refractivity contribution >= 4 is 11.9 Å². The highest BCUT2D eigenvalue weighted by molar-refractivity contribution is 5.81. The third-order valence-electron chi connectivity index (χ3n) is 2.82. The number of esters is 1. The van der Waals surface area contributed by atoms with Gasteiger partial charge in [0, 0.05) is 20.1 Å². The molecule has 0 radical (unpaired) electrons. The van der Waals surface area contributed by atoms with Crippen molar-refractivity contribution in [1.82, 2.24) is 10.2 Å². The molecule has 0 aromatic heterocycles. The van der Waals surface area contributed by atoms with Crippen LogP contribution in [0.5, 0.6) is 0 Å². The standard InChI is InChI=1S/C12H22N2O3/c1-8(11(16)17-12(2,3)4)14-6-9(7-14)10(15)13-5/h8-9H,6-7H2,1-5H3,(H,13,15). The Hall–Kier alpha value is -1.10. The number of carbonyl (C=O) groups excluding carboxylic acids is 2. The summed E-state index contributed by atoms with van der Waals surface area (Å²) in [6, 6.07) is -0.282. The van der Waals surface area contributed by atoms with Crippen LogP contribution in [0.2, 0.25) is 0 Å². The van der Waals surface area contributed by atoms with Crippen molar-refractivity contribution < 1.29 is 14.3 Å². The Morgan fingerprint density at radius 3 is 2.29 bits per heavy atom. The molecule has 1 rings (SSSR count). The Morgan fingerprint density at radius 2 is 1.88 bits per heavy atom. The number of ether oxygens (including phenoxy) is 1. The molecule has 17 heavy (non-hydrogen) atoms. The van der Waals surface area contributed by atoms with Gasteiger partial charge < -0.3 is 10.1 Å². The maximum Gasteiger partial charge on any atom is 0.323 e. The maximum absolute atomic E-state index is 11.8. The van der Waals surface area contributed by atoms with E-state index < -0.39 is 5.60 Å². The molecule has 5 heteroatoms.